The molecular weight excluding hydrogens is 284 g/mol. The molecule has 1 amide bonds. The highest BCUT2D eigenvalue weighted by atomic mass is 32.1. The number of thiazole rings is 1. The lowest BCUT2D eigenvalue weighted by atomic mass is 10.2. The summed E-state index contributed by atoms with van der Waals surface area (Å²) in [7, 11) is 0. The van der Waals surface area contributed by atoms with Crippen molar-refractivity contribution in [1.29, 1.82) is 0 Å². The molecule has 0 bridgehead atoms. The molecule has 0 atom stereocenters. The van der Waals surface area contributed by atoms with Crippen LogP contribution in [-0.4, -0.2) is 29.0 Å². The van der Waals surface area contributed by atoms with Crippen LogP contribution in [0.15, 0.2) is 47.3 Å². The zero-order valence-electron chi connectivity index (χ0n) is 11.2. The second kappa shape index (κ2) is 6.32. The number of nitrogens with zero attached hydrogens (tertiary/aromatic N) is 2. The molecule has 3 aromatic rings. The molecule has 0 saturated carbocycles. The molecular formula is C15H14N4OS. The van der Waals surface area contributed by atoms with Crippen molar-refractivity contribution in [3.05, 3.63) is 53.0 Å². The van der Waals surface area contributed by atoms with Crippen LogP contribution in [0.3, 0.4) is 0 Å². The predicted octanol–water partition coefficient (Wildman–Crippen LogP) is 2.53. The highest BCUT2D eigenvalue weighted by molar-refractivity contribution is 7.07. The summed E-state index contributed by atoms with van der Waals surface area (Å²) in [6, 6.07) is 11.9. The number of pyridine rings is 1. The van der Waals surface area contributed by atoms with Crippen molar-refractivity contribution in [2.45, 2.75) is 0 Å². The molecule has 6 heteroatoms. The number of carbonyl (C=O) groups is 1. The minimum absolute atomic E-state index is 0.149. The number of rotatable bonds is 5. The fourth-order valence-corrected chi connectivity index (χ4v) is 2.48. The van der Waals surface area contributed by atoms with Crippen LogP contribution in [0.25, 0.3) is 10.9 Å². The van der Waals surface area contributed by atoms with E-state index in [4.69, 9.17) is 0 Å². The molecule has 2 heterocycles. The van der Waals surface area contributed by atoms with Gasteiger partial charge in [-0.25, -0.2) is 9.97 Å². The summed E-state index contributed by atoms with van der Waals surface area (Å²) >= 11 is 1.41. The largest absolute Gasteiger partial charge is 0.368 e. The van der Waals surface area contributed by atoms with Crippen molar-refractivity contribution >= 4 is 34.0 Å². The Hall–Kier alpha value is -2.47. The highest BCUT2D eigenvalue weighted by Gasteiger charge is 2.05. The molecule has 0 fully saturated rings. The standard InChI is InChI=1S/C15H14N4OS/c20-15(13-9-21-10-18-13)17-8-7-16-14-6-5-11-3-1-2-4-12(11)19-14/h1-6,9-10H,7-8H2,(H,16,19)(H,17,20). The zero-order valence-corrected chi connectivity index (χ0v) is 12.1. The van der Waals surface area contributed by atoms with Crippen LogP contribution in [-0.2, 0) is 0 Å². The van der Waals surface area contributed by atoms with Gasteiger partial charge in [-0.1, -0.05) is 18.2 Å². The molecule has 0 radical (unpaired) electrons. The first kappa shape index (κ1) is 13.5. The van der Waals surface area contributed by atoms with Crippen LogP contribution in [0, 0.1) is 0 Å². The van der Waals surface area contributed by atoms with Crippen LogP contribution < -0.4 is 10.6 Å². The van der Waals surface area contributed by atoms with E-state index in [1.165, 1.54) is 11.3 Å². The molecule has 3 rings (SSSR count). The number of hydrogen-bond donors (Lipinski definition) is 2. The second-order valence-corrected chi connectivity index (χ2v) is 5.16. The average molecular weight is 298 g/mol. The number of aromatic nitrogens is 2. The Morgan fingerprint density at radius 3 is 2.90 bits per heavy atom. The van der Waals surface area contributed by atoms with Gasteiger partial charge < -0.3 is 10.6 Å². The van der Waals surface area contributed by atoms with Crippen LogP contribution in [0.5, 0.6) is 0 Å². The van der Waals surface area contributed by atoms with Crippen molar-refractivity contribution in [1.82, 2.24) is 15.3 Å². The number of benzene rings is 1. The normalized spacial score (nSPS) is 10.5. The first-order chi connectivity index (χ1) is 10.3. The van der Waals surface area contributed by atoms with Gasteiger partial charge in [0.05, 0.1) is 11.0 Å². The Bertz CT molecular complexity index is 742. The maximum Gasteiger partial charge on any atom is 0.270 e. The molecule has 0 aliphatic heterocycles. The van der Waals surface area contributed by atoms with E-state index in [-0.39, 0.29) is 5.91 Å². The second-order valence-electron chi connectivity index (χ2n) is 4.45. The van der Waals surface area contributed by atoms with Gasteiger partial charge in [-0.3, -0.25) is 4.79 Å². The summed E-state index contributed by atoms with van der Waals surface area (Å²) in [5.74, 6) is 0.654. The van der Waals surface area contributed by atoms with Gasteiger partial charge in [0.25, 0.3) is 5.91 Å². The van der Waals surface area contributed by atoms with Gasteiger partial charge in [-0.2, -0.15) is 0 Å². The molecule has 0 aliphatic carbocycles. The Labute approximate surface area is 126 Å². The summed E-state index contributed by atoms with van der Waals surface area (Å²) in [5.41, 5.74) is 3.06. The summed E-state index contributed by atoms with van der Waals surface area (Å²) < 4.78 is 0. The lowest BCUT2D eigenvalue weighted by Gasteiger charge is -2.07. The fourth-order valence-electron chi connectivity index (χ4n) is 1.95. The van der Waals surface area contributed by atoms with Crippen molar-refractivity contribution in [2.75, 3.05) is 18.4 Å². The van der Waals surface area contributed by atoms with E-state index in [2.05, 4.69) is 20.6 Å². The Kier molecular flexibility index (Phi) is 4.07. The maximum absolute atomic E-state index is 11.7. The maximum atomic E-state index is 11.7. The number of amides is 1. The van der Waals surface area contributed by atoms with E-state index in [0.29, 0.717) is 18.8 Å². The molecule has 0 aliphatic rings. The molecule has 1 aromatic carbocycles. The number of fused-ring (bicyclic) bond motifs is 1. The van der Waals surface area contributed by atoms with Gasteiger partial charge in [0.15, 0.2) is 0 Å². The summed E-state index contributed by atoms with van der Waals surface area (Å²) in [6.07, 6.45) is 0. The molecule has 0 unspecified atom stereocenters. The number of carbonyl (C=O) groups excluding carboxylic acids is 1. The van der Waals surface area contributed by atoms with E-state index in [1.54, 1.807) is 10.9 Å². The van der Waals surface area contributed by atoms with Crippen LogP contribution in [0.2, 0.25) is 0 Å². The molecule has 5 nitrogen and oxygen atoms in total. The number of anilines is 1. The van der Waals surface area contributed by atoms with Gasteiger partial charge in [-0.15, -0.1) is 11.3 Å². The molecule has 2 aromatic heterocycles. The van der Waals surface area contributed by atoms with E-state index < -0.39 is 0 Å². The van der Waals surface area contributed by atoms with E-state index in [9.17, 15) is 4.79 Å². The molecule has 2 N–H and O–H groups in total. The SMILES string of the molecule is O=C(NCCNc1ccc2ccccc2n1)c1cscn1. The van der Waals surface area contributed by atoms with Crippen molar-refractivity contribution in [3.63, 3.8) is 0 Å². The third kappa shape index (κ3) is 3.35. The Morgan fingerprint density at radius 2 is 2.05 bits per heavy atom. The summed E-state index contributed by atoms with van der Waals surface area (Å²) in [4.78, 5) is 20.1. The lowest BCUT2D eigenvalue weighted by molar-refractivity contribution is 0.0951. The van der Waals surface area contributed by atoms with Crippen LogP contribution >= 0.6 is 11.3 Å². The summed E-state index contributed by atoms with van der Waals surface area (Å²) in [5, 5.41) is 8.84. The minimum Gasteiger partial charge on any atom is -0.368 e. The van der Waals surface area contributed by atoms with Crippen molar-refractivity contribution in [3.8, 4) is 0 Å². The lowest BCUT2D eigenvalue weighted by Crippen LogP contribution is -2.29. The van der Waals surface area contributed by atoms with E-state index in [1.807, 2.05) is 36.4 Å². The van der Waals surface area contributed by atoms with Gasteiger partial charge in [-0.05, 0) is 18.2 Å². The monoisotopic (exact) mass is 298 g/mol. The van der Waals surface area contributed by atoms with Crippen molar-refractivity contribution in [2.24, 2.45) is 0 Å². The number of nitrogens with one attached hydrogen (secondary N) is 2. The third-order valence-electron chi connectivity index (χ3n) is 2.98. The van der Waals surface area contributed by atoms with Gasteiger partial charge in [0.2, 0.25) is 0 Å². The highest BCUT2D eigenvalue weighted by Crippen LogP contribution is 2.14. The summed E-state index contributed by atoms with van der Waals surface area (Å²) in [6.45, 7) is 1.13. The minimum atomic E-state index is -0.149. The van der Waals surface area contributed by atoms with Crippen LogP contribution in [0.1, 0.15) is 10.5 Å². The molecule has 21 heavy (non-hydrogen) atoms. The van der Waals surface area contributed by atoms with E-state index >= 15 is 0 Å². The first-order valence-electron chi connectivity index (χ1n) is 6.59. The number of hydrogen-bond acceptors (Lipinski definition) is 5. The van der Waals surface area contributed by atoms with Crippen LogP contribution in [0.4, 0.5) is 5.82 Å². The third-order valence-corrected chi connectivity index (χ3v) is 3.57. The quantitative estimate of drug-likeness (QED) is 0.710. The zero-order chi connectivity index (χ0) is 14.5. The topological polar surface area (TPSA) is 66.9 Å². The molecule has 106 valence electrons. The van der Waals surface area contributed by atoms with Crippen molar-refractivity contribution < 1.29 is 4.79 Å². The van der Waals surface area contributed by atoms with E-state index in [0.717, 1.165) is 16.7 Å². The average Bonchev–Trinajstić information content (AvgIpc) is 3.06. The Balaban J connectivity index is 1.51. The Morgan fingerprint density at radius 1 is 1.14 bits per heavy atom. The smallest absolute Gasteiger partial charge is 0.270 e. The fraction of sp³-hybridized carbons (Fsp3) is 0.133. The van der Waals surface area contributed by atoms with Gasteiger partial charge in [0, 0.05) is 23.9 Å². The molecule has 0 saturated heterocycles. The van der Waals surface area contributed by atoms with Gasteiger partial charge in [0.1, 0.15) is 11.5 Å². The number of para-hydroxylation sites is 1. The predicted molar refractivity (Wildman–Crippen MR) is 84.7 cm³/mol. The first-order valence-corrected chi connectivity index (χ1v) is 7.53. The van der Waals surface area contributed by atoms with Gasteiger partial charge >= 0.3 is 0 Å². The molecule has 0 spiro atoms.